The van der Waals surface area contributed by atoms with E-state index in [2.05, 4.69) is 48.9 Å². The fourth-order valence-electron chi connectivity index (χ4n) is 4.98. The van der Waals surface area contributed by atoms with Gasteiger partial charge in [0.25, 0.3) is 6.02 Å². The van der Waals surface area contributed by atoms with Crippen LogP contribution in [0.2, 0.25) is 18.1 Å². The van der Waals surface area contributed by atoms with Gasteiger partial charge in [0.2, 0.25) is 10.0 Å². The molecule has 0 spiro atoms. The predicted molar refractivity (Wildman–Crippen MR) is 195 cm³/mol. The van der Waals surface area contributed by atoms with Crippen molar-refractivity contribution in [1.82, 2.24) is 10.0 Å². The number of halogens is 1. The van der Waals surface area contributed by atoms with Gasteiger partial charge in [0.05, 0.1) is 6.04 Å². The highest BCUT2D eigenvalue weighted by atomic mass is 32.2. The van der Waals surface area contributed by atoms with Gasteiger partial charge in [-0.2, -0.15) is 0 Å². The molecular formula is C36H58FN3O6SSi. The normalized spacial score (nSPS) is 19.0. The molecule has 1 saturated heterocycles. The molecule has 2 aromatic rings. The molecule has 9 nitrogen and oxygen atoms in total. The van der Waals surface area contributed by atoms with Crippen LogP contribution in [-0.4, -0.2) is 58.5 Å². The van der Waals surface area contributed by atoms with Crippen LogP contribution in [-0.2, 0) is 36.8 Å². The summed E-state index contributed by atoms with van der Waals surface area (Å²) >= 11 is 0. The molecule has 0 radical (unpaired) electrons. The number of amides is 1. The van der Waals surface area contributed by atoms with Crippen LogP contribution in [0.4, 0.5) is 9.18 Å². The number of benzene rings is 2. The topological polar surface area (TPSA) is 115 Å². The molecule has 48 heavy (non-hydrogen) atoms. The number of nitrogens with one attached hydrogen (secondary N) is 2. The predicted octanol–water partition coefficient (Wildman–Crippen LogP) is 8.07. The number of carbonyl (C=O) groups excluding carboxylic acids is 1. The Morgan fingerprint density at radius 1 is 1.06 bits per heavy atom. The third-order valence-corrected chi connectivity index (χ3v) is 15.2. The van der Waals surface area contributed by atoms with Gasteiger partial charge in [0.1, 0.15) is 22.3 Å². The molecule has 1 aliphatic heterocycles. The zero-order valence-electron chi connectivity index (χ0n) is 29.7. The standard InChI is InChI=1S/C35H54FN3O6SSi.CH4/c1-33(2,3)45-32(40)37-22-13-14-25-17-19-26(20-18-25)24-30-35(7,8)44-31(39-46(30,41)42)38-29(27-15-11-12-16-28(27)36)21-23-43-47(9,10)34(4,5)6;/h11-12,15-20,29-30H,13-14,21-24H2,1-10H3,(H,37,40)(H,38,39);1H4/t29-,30?;/m0./s1. The van der Waals surface area contributed by atoms with Crippen LogP contribution in [0.25, 0.3) is 0 Å². The second-order valence-electron chi connectivity index (χ2n) is 15.3. The smallest absolute Gasteiger partial charge is 0.407 e. The van der Waals surface area contributed by atoms with Gasteiger partial charge in [-0.05, 0) is 95.6 Å². The molecule has 2 atom stereocenters. The Bertz CT molecular complexity index is 1500. The van der Waals surface area contributed by atoms with Crippen LogP contribution in [0.15, 0.2) is 53.5 Å². The fourth-order valence-corrected chi connectivity index (χ4v) is 7.73. The van der Waals surface area contributed by atoms with Gasteiger partial charge in [0, 0.05) is 18.7 Å². The first-order valence-electron chi connectivity index (χ1n) is 16.3. The molecule has 0 aliphatic carbocycles. The van der Waals surface area contributed by atoms with Crippen molar-refractivity contribution < 1.29 is 31.5 Å². The number of ether oxygens (including phenoxy) is 2. The summed E-state index contributed by atoms with van der Waals surface area (Å²) in [5, 5.41) is 1.87. The lowest BCUT2D eigenvalue weighted by atomic mass is 9.96. The molecule has 2 aromatic carbocycles. The SMILES string of the molecule is C.CC(C)(C)OC(=O)NCCCc1ccc(CC2C(C)(C)OC(=N[C@@H](CCO[Si](C)(C)C(C)(C)C)c3ccccc3F)NS2(=O)=O)cc1. The van der Waals surface area contributed by atoms with Crippen LogP contribution in [0.1, 0.15) is 98.4 Å². The van der Waals surface area contributed by atoms with Gasteiger partial charge in [-0.15, -0.1) is 0 Å². The van der Waals surface area contributed by atoms with Crippen LogP contribution in [0.3, 0.4) is 0 Å². The lowest BCUT2D eigenvalue weighted by molar-refractivity contribution is 0.0527. The van der Waals surface area contributed by atoms with Crippen molar-refractivity contribution in [2.24, 2.45) is 4.99 Å². The number of carbonyl (C=O) groups is 1. The summed E-state index contributed by atoms with van der Waals surface area (Å²) < 4.78 is 62.5. The molecular weight excluding hydrogens is 650 g/mol. The lowest BCUT2D eigenvalue weighted by Gasteiger charge is -2.39. The average molecular weight is 708 g/mol. The highest BCUT2D eigenvalue weighted by Crippen LogP contribution is 2.37. The number of rotatable bonds is 12. The van der Waals surface area contributed by atoms with Crippen LogP contribution in [0, 0.1) is 5.82 Å². The Labute approximate surface area is 289 Å². The Morgan fingerprint density at radius 3 is 2.23 bits per heavy atom. The maximum absolute atomic E-state index is 15.0. The second kappa shape index (κ2) is 16.2. The summed E-state index contributed by atoms with van der Waals surface area (Å²) in [6, 6.07) is 13.3. The number of hydrogen-bond donors (Lipinski definition) is 2. The number of alkyl carbamates (subject to hydrolysis) is 1. The third-order valence-electron chi connectivity index (χ3n) is 8.69. The Balaban J connectivity index is 0.00000800. The van der Waals surface area contributed by atoms with E-state index in [1.54, 1.807) is 32.0 Å². The van der Waals surface area contributed by atoms with Crippen molar-refractivity contribution in [2.45, 2.75) is 129 Å². The van der Waals surface area contributed by atoms with E-state index >= 15 is 0 Å². The van der Waals surface area contributed by atoms with E-state index in [0.717, 1.165) is 24.0 Å². The average Bonchev–Trinajstić information content (AvgIpc) is 2.91. The molecule has 0 bridgehead atoms. The first kappa shape index (κ1) is 41.2. The quantitative estimate of drug-likeness (QED) is 0.170. The first-order chi connectivity index (χ1) is 21.6. The number of hydrogen-bond acceptors (Lipinski definition) is 7. The van der Waals surface area contributed by atoms with E-state index in [0.29, 0.717) is 25.1 Å². The largest absolute Gasteiger partial charge is 0.457 e. The van der Waals surface area contributed by atoms with Gasteiger partial charge in [-0.1, -0.05) is 70.7 Å². The molecule has 1 amide bonds. The highest BCUT2D eigenvalue weighted by Gasteiger charge is 2.47. The minimum atomic E-state index is -3.90. The number of amidine groups is 1. The molecule has 1 fully saturated rings. The van der Waals surface area contributed by atoms with Gasteiger partial charge in [0.15, 0.2) is 8.32 Å². The van der Waals surface area contributed by atoms with Gasteiger partial charge in [-0.3, -0.25) is 0 Å². The Morgan fingerprint density at radius 2 is 1.67 bits per heavy atom. The molecule has 0 saturated carbocycles. The van der Waals surface area contributed by atoms with Crippen molar-refractivity contribution in [3.05, 3.63) is 71.0 Å². The molecule has 1 aliphatic rings. The third kappa shape index (κ3) is 11.9. The summed E-state index contributed by atoms with van der Waals surface area (Å²) in [6.07, 6.45) is 1.63. The van der Waals surface area contributed by atoms with E-state index < -0.39 is 52.7 Å². The molecule has 1 heterocycles. The van der Waals surface area contributed by atoms with Crippen molar-refractivity contribution in [1.29, 1.82) is 0 Å². The van der Waals surface area contributed by atoms with E-state index in [1.807, 2.05) is 45.0 Å². The monoisotopic (exact) mass is 707 g/mol. The number of aryl methyl sites for hydroxylation is 1. The van der Waals surface area contributed by atoms with Crippen molar-refractivity contribution in [3.63, 3.8) is 0 Å². The molecule has 1 unspecified atom stereocenters. The van der Waals surface area contributed by atoms with E-state index in [9.17, 15) is 17.6 Å². The molecule has 2 N–H and O–H groups in total. The van der Waals surface area contributed by atoms with Gasteiger partial charge in [-0.25, -0.2) is 27.3 Å². The Kier molecular flexibility index (Phi) is 13.9. The minimum absolute atomic E-state index is 0. The molecule has 0 aromatic heterocycles. The van der Waals surface area contributed by atoms with Gasteiger partial charge >= 0.3 is 6.09 Å². The number of aliphatic imine (C=N–C) groups is 1. The van der Waals surface area contributed by atoms with Crippen LogP contribution in [0.5, 0.6) is 0 Å². The molecule has 3 rings (SSSR count). The maximum atomic E-state index is 15.0. The van der Waals surface area contributed by atoms with Crippen molar-refractivity contribution in [3.8, 4) is 0 Å². The van der Waals surface area contributed by atoms with Crippen LogP contribution < -0.4 is 10.0 Å². The van der Waals surface area contributed by atoms with Crippen molar-refractivity contribution in [2.75, 3.05) is 13.2 Å². The summed E-state index contributed by atoms with van der Waals surface area (Å²) in [5.74, 6) is -0.423. The zero-order valence-corrected chi connectivity index (χ0v) is 31.5. The Hall–Kier alpha value is -2.96. The second-order valence-corrected chi connectivity index (χ2v) is 21.9. The summed E-state index contributed by atoms with van der Waals surface area (Å²) in [4.78, 5) is 16.5. The molecule has 12 heteroatoms. The van der Waals surface area contributed by atoms with E-state index in [4.69, 9.17) is 13.9 Å². The van der Waals surface area contributed by atoms with E-state index in [-0.39, 0.29) is 24.9 Å². The summed E-state index contributed by atoms with van der Waals surface area (Å²) in [7, 11) is -5.96. The molecule has 270 valence electrons. The lowest BCUT2D eigenvalue weighted by Crippen LogP contribution is -2.59. The summed E-state index contributed by atoms with van der Waals surface area (Å²) in [6.45, 7) is 20.5. The van der Waals surface area contributed by atoms with Gasteiger partial charge < -0.3 is 19.2 Å². The highest BCUT2D eigenvalue weighted by molar-refractivity contribution is 7.90. The number of nitrogens with zero attached hydrogens (tertiary/aromatic N) is 1. The summed E-state index contributed by atoms with van der Waals surface area (Å²) in [5.41, 5.74) is 0.610. The maximum Gasteiger partial charge on any atom is 0.407 e. The van der Waals surface area contributed by atoms with E-state index in [1.165, 1.54) is 6.07 Å². The van der Waals surface area contributed by atoms with Crippen molar-refractivity contribution >= 4 is 30.5 Å². The number of sulfonamides is 1. The fraction of sp³-hybridized carbons (Fsp3) is 0.611. The zero-order chi connectivity index (χ0) is 35.3. The first-order valence-corrected chi connectivity index (χ1v) is 20.8. The van der Waals surface area contributed by atoms with Crippen LogP contribution >= 0.6 is 0 Å². The minimum Gasteiger partial charge on any atom is -0.457 e.